The number of benzene rings is 1. The molecule has 4 heteroatoms. The van der Waals surface area contributed by atoms with E-state index in [0.29, 0.717) is 12.0 Å². The van der Waals surface area contributed by atoms with E-state index in [-0.39, 0.29) is 18.5 Å². The molecular weight excluding hydrogens is 334 g/mol. The molecule has 0 bridgehead atoms. The van der Waals surface area contributed by atoms with Crippen LogP contribution in [0.3, 0.4) is 0 Å². The zero-order valence-corrected chi connectivity index (χ0v) is 16.2. The third-order valence-electron chi connectivity index (χ3n) is 6.17. The average molecular weight is 366 g/mol. The quantitative estimate of drug-likeness (QED) is 0.675. The molecule has 1 N–H and O–H groups in total. The van der Waals surface area contributed by atoms with Gasteiger partial charge in [-0.1, -0.05) is 32.6 Å². The molecule has 0 amide bonds. The van der Waals surface area contributed by atoms with Gasteiger partial charge in [0.15, 0.2) is 0 Å². The van der Waals surface area contributed by atoms with Crippen LogP contribution in [0, 0.1) is 11.8 Å². The first-order chi connectivity index (χ1) is 11.9. The maximum Gasteiger partial charge on any atom is 0.119 e. The third kappa shape index (κ3) is 3.93. The molecule has 2 fully saturated rings. The molecule has 25 heavy (non-hydrogen) atoms. The Bertz CT molecular complexity index is 559. The lowest BCUT2D eigenvalue weighted by Gasteiger charge is -2.42. The number of unbranched alkanes of at least 4 members (excludes halogenated alkanes) is 1. The molecule has 0 spiro atoms. The van der Waals surface area contributed by atoms with Crippen molar-refractivity contribution < 1.29 is 9.47 Å². The van der Waals surface area contributed by atoms with Crippen molar-refractivity contribution in [3.63, 3.8) is 0 Å². The number of rotatable bonds is 5. The van der Waals surface area contributed by atoms with Gasteiger partial charge in [-0.2, -0.15) is 0 Å². The van der Waals surface area contributed by atoms with Crippen LogP contribution in [0.5, 0.6) is 5.75 Å². The van der Waals surface area contributed by atoms with Crippen LogP contribution in [0.25, 0.3) is 0 Å². The Morgan fingerprint density at radius 3 is 2.80 bits per heavy atom. The minimum Gasteiger partial charge on any atom is -0.494 e. The first-order valence-electron chi connectivity index (χ1n) is 10.0. The first kappa shape index (κ1) is 18.8. The Hall–Kier alpha value is -0.930. The van der Waals surface area contributed by atoms with E-state index in [2.05, 4.69) is 30.4 Å². The predicted molar refractivity (Wildman–Crippen MR) is 105 cm³/mol. The number of anilines is 1. The SMILES string of the molecule is CCCCOc1ccc2c(c1)[C@H]1OCC[C@H]1[C@@H](C1CCCCC1)N2.Cl. The van der Waals surface area contributed by atoms with Gasteiger partial charge < -0.3 is 14.8 Å². The van der Waals surface area contributed by atoms with Crippen molar-refractivity contribution in [3.05, 3.63) is 23.8 Å². The lowest BCUT2D eigenvalue weighted by atomic mass is 9.73. The molecule has 0 radical (unpaired) electrons. The van der Waals surface area contributed by atoms with E-state index < -0.39 is 0 Å². The molecule has 3 atom stereocenters. The molecule has 1 saturated carbocycles. The van der Waals surface area contributed by atoms with Gasteiger partial charge in [0.25, 0.3) is 0 Å². The molecular formula is C21H32ClNO2. The molecule has 1 saturated heterocycles. The van der Waals surface area contributed by atoms with Crippen molar-refractivity contribution in [1.29, 1.82) is 0 Å². The maximum absolute atomic E-state index is 6.19. The highest BCUT2D eigenvalue weighted by Crippen LogP contribution is 2.49. The summed E-state index contributed by atoms with van der Waals surface area (Å²) in [5, 5.41) is 3.90. The third-order valence-corrected chi connectivity index (χ3v) is 6.17. The minimum absolute atomic E-state index is 0. The fraction of sp³-hybridized carbons (Fsp3) is 0.714. The Labute approximate surface area is 158 Å². The molecule has 0 aromatic heterocycles. The average Bonchev–Trinajstić information content (AvgIpc) is 3.12. The van der Waals surface area contributed by atoms with E-state index in [1.807, 2.05) is 0 Å². The Kier molecular flexibility index (Phi) is 6.51. The predicted octanol–water partition coefficient (Wildman–Crippen LogP) is 5.74. The van der Waals surface area contributed by atoms with Crippen LogP contribution < -0.4 is 10.1 Å². The summed E-state index contributed by atoms with van der Waals surface area (Å²) in [6, 6.07) is 7.15. The summed E-state index contributed by atoms with van der Waals surface area (Å²) in [7, 11) is 0. The highest BCUT2D eigenvalue weighted by atomic mass is 35.5. The molecule has 4 rings (SSSR count). The van der Waals surface area contributed by atoms with E-state index >= 15 is 0 Å². The topological polar surface area (TPSA) is 30.5 Å². The number of hydrogen-bond donors (Lipinski definition) is 1. The number of halogens is 1. The van der Waals surface area contributed by atoms with Gasteiger partial charge in [0.2, 0.25) is 0 Å². The molecule has 2 heterocycles. The standard InChI is InChI=1S/C21H31NO2.ClH/c1-2-3-12-23-16-9-10-19-18(14-16)21-17(11-13-24-21)20(22-19)15-7-5-4-6-8-15;/h9-10,14-15,17,20-22H,2-8,11-13H2,1H3;1H/t17-,20+,21-;/m0./s1. The molecule has 3 aliphatic rings. The number of ether oxygens (including phenoxy) is 2. The highest BCUT2D eigenvalue weighted by molar-refractivity contribution is 5.85. The maximum atomic E-state index is 6.19. The summed E-state index contributed by atoms with van der Waals surface area (Å²) in [6.45, 7) is 3.91. The molecule has 2 aliphatic heterocycles. The van der Waals surface area contributed by atoms with Crippen LogP contribution in [-0.4, -0.2) is 19.3 Å². The normalized spacial score (nSPS) is 28.4. The van der Waals surface area contributed by atoms with Crippen molar-refractivity contribution in [2.75, 3.05) is 18.5 Å². The van der Waals surface area contributed by atoms with Crippen LogP contribution in [0.15, 0.2) is 18.2 Å². The summed E-state index contributed by atoms with van der Waals surface area (Å²) in [5.74, 6) is 2.45. The van der Waals surface area contributed by atoms with Gasteiger partial charge in [0, 0.05) is 29.8 Å². The second-order valence-electron chi connectivity index (χ2n) is 7.76. The fourth-order valence-corrected chi connectivity index (χ4v) is 4.87. The fourth-order valence-electron chi connectivity index (χ4n) is 4.87. The van der Waals surface area contributed by atoms with Gasteiger partial charge in [-0.05, 0) is 49.8 Å². The van der Waals surface area contributed by atoms with Gasteiger partial charge in [-0.15, -0.1) is 12.4 Å². The minimum atomic E-state index is 0. The molecule has 1 aromatic carbocycles. The lowest BCUT2D eigenvalue weighted by Crippen LogP contribution is -2.42. The summed E-state index contributed by atoms with van der Waals surface area (Å²) >= 11 is 0. The zero-order chi connectivity index (χ0) is 16.4. The lowest BCUT2D eigenvalue weighted by molar-refractivity contribution is 0.0729. The van der Waals surface area contributed by atoms with E-state index in [4.69, 9.17) is 9.47 Å². The van der Waals surface area contributed by atoms with Crippen LogP contribution in [0.2, 0.25) is 0 Å². The number of fused-ring (bicyclic) bond motifs is 3. The summed E-state index contributed by atoms with van der Waals surface area (Å²) in [5.41, 5.74) is 2.59. The van der Waals surface area contributed by atoms with Gasteiger partial charge in [0.05, 0.1) is 12.7 Å². The summed E-state index contributed by atoms with van der Waals surface area (Å²) in [6.07, 6.45) is 10.7. The molecule has 0 unspecified atom stereocenters. The van der Waals surface area contributed by atoms with Gasteiger partial charge in [-0.3, -0.25) is 0 Å². The first-order valence-corrected chi connectivity index (χ1v) is 10.0. The van der Waals surface area contributed by atoms with Crippen LogP contribution in [0.1, 0.15) is 70.0 Å². The van der Waals surface area contributed by atoms with Crippen LogP contribution >= 0.6 is 12.4 Å². The highest BCUT2D eigenvalue weighted by Gasteiger charge is 2.43. The molecule has 1 aliphatic carbocycles. The monoisotopic (exact) mass is 365 g/mol. The van der Waals surface area contributed by atoms with Crippen molar-refractivity contribution in [1.82, 2.24) is 0 Å². The second-order valence-corrected chi connectivity index (χ2v) is 7.76. The van der Waals surface area contributed by atoms with Crippen LogP contribution in [-0.2, 0) is 4.74 Å². The summed E-state index contributed by atoms with van der Waals surface area (Å²) < 4.78 is 12.1. The number of nitrogens with one attached hydrogen (secondary N) is 1. The van der Waals surface area contributed by atoms with Gasteiger partial charge in [-0.25, -0.2) is 0 Å². The smallest absolute Gasteiger partial charge is 0.119 e. The van der Waals surface area contributed by atoms with Crippen molar-refractivity contribution >= 4 is 18.1 Å². The zero-order valence-electron chi connectivity index (χ0n) is 15.3. The summed E-state index contributed by atoms with van der Waals surface area (Å²) in [4.78, 5) is 0. The molecule has 140 valence electrons. The number of hydrogen-bond acceptors (Lipinski definition) is 3. The van der Waals surface area contributed by atoms with E-state index in [9.17, 15) is 0 Å². The molecule has 3 nitrogen and oxygen atoms in total. The van der Waals surface area contributed by atoms with E-state index in [1.54, 1.807) is 0 Å². The van der Waals surface area contributed by atoms with Crippen molar-refractivity contribution in [2.45, 2.75) is 70.4 Å². The Morgan fingerprint density at radius 2 is 2.00 bits per heavy atom. The van der Waals surface area contributed by atoms with Crippen LogP contribution in [0.4, 0.5) is 5.69 Å². The second kappa shape index (κ2) is 8.64. The largest absolute Gasteiger partial charge is 0.494 e. The van der Waals surface area contributed by atoms with E-state index in [0.717, 1.165) is 31.3 Å². The molecule has 1 aromatic rings. The van der Waals surface area contributed by atoms with Gasteiger partial charge >= 0.3 is 0 Å². The van der Waals surface area contributed by atoms with E-state index in [1.165, 1.54) is 56.2 Å². The Morgan fingerprint density at radius 1 is 1.16 bits per heavy atom. The van der Waals surface area contributed by atoms with Crippen molar-refractivity contribution in [2.24, 2.45) is 11.8 Å². The van der Waals surface area contributed by atoms with Gasteiger partial charge in [0.1, 0.15) is 5.75 Å². The van der Waals surface area contributed by atoms with Crippen molar-refractivity contribution in [3.8, 4) is 5.75 Å². The Balaban J connectivity index is 0.00000182.